The molecule has 1 fully saturated rings. The molecule has 0 atom stereocenters. The first-order valence-electron chi connectivity index (χ1n) is 4.20. The van der Waals surface area contributed by atoms with E-state index >= 15 is 0 Å². The molecular weight excluding hydrogens is 172 g/mol. The smallest absolute Gasteiger partial charge is 0.273 e. The number of thiazole rings is 1. The Labute approximate surface area is 75.8 Å². The number of nitrogens with one attached hydrogen (secondary N) is 1. The van der Waals surface area contributed by atoms with E-state index in [-0.39, 0.29) is 0 Å². The SMILES string of the molecule is CCc1csc(OC2CNC2)n1. The Morgan fingerprint density at radius 3 is 3.08 bits per heavy atom. The van der Waals surface area contributed by atoms with Crippen molar-refractivity contribution in [2.45, 2.75) is 19.4 Å². The molecule has 0 radical (unpaired) electrons. The zero-order chi connectivity index (χ0) is 8.39. The highest BCUT2D eigenvalue weighted by atomic mass is 32.1. The average molecular weight is 184 g/mol. The van der Waals surface area contributed by atoms with Gasteiger partial charge in [0.1, 0.15) is 6.10 Å². The van der Waals surface area contributed by atoms with Crippen molar-refractivity contribution in [3.63, 3.8) is 0 Å². The van der Waals surface area contributed by atoms with E-state index in [0.29, 0.717) is 6.10 Å². The van der Waals surface area contributed by atoms with Crippen molar-refractivity contribution in [3.05, 3.63) is 11.1 Å². The van der Waals surface area contributed by atoms with Gasteiger partial charge in [-0.05, 0) is 6.42 Å². The Kier molecular flexibility index (Phi) is 2.28. The molecule has 0 bridgehead atoms. The number of hydrogen-bond donors (Lipinski definition) is 1. The highest BCUT2D eigenvalue weighted by molar-refractivity contribution is 7.11. The number of aromatic nitrogens is 1. The first-order chi connectivity index (χ1) is 5.88. The third kappa shape index (κ3) is 1.59. The predicted molar refractivity (Wildman–Crippen MR) is 48.8 cm³/mol. The van der Waals surface area contributed by atoms with Crippen LogP contribution in [0.5, 0.6) is 5.19 Å². The molecule has 0 aliphatic carbocycles. The molecule has 1 aliphatic heterocycles. The van der Waals surface area contributed by atoms with Gasteiger partial charge in [-0.2, -0.15) is 0 Å². The van der Waals surface area contributed by atoms with Gasteiger partial charge in [0.05, 0.1) is 5.69 Å². The van der Waals surface area contributed by atoms with Gasteiger partial charge in [-0.15, -0.1) is 0 Å². The molecule has 0 amide bonds. The van der Waals surface area contributed by atoms with Gasteiger partial charge in [0.2, 0.25) is 0 Å². The van der Waals surface area contributed by atoms with E-state index in [9.17, 15) is 0 Å². The molecule has 3 nitrogen and oxygen atoms in total. The predicted octanol–water partition coefficient (Wildman–Crippen LogP) is 1.06. The second kappa shape index (κ2) is 3.41. The van der Waals surface area contributed by atoms with Crippen molar-refractivity contribution in [1.29, 1.82) is 0 Å². The van der Waals surface area contributed by atoms with Crippen LogP contribution in [0, 0.1) is 0 Å². The van der Waals surface area contributed by atoms with Gasteiger partial charge < -0.3 is 10.1 Å². The fraction of sp³-hybridized carbons (Fsp3) is 0.625. The van der Waals surface area contributed by atoms with Gasteiger partial charge in [-0.3, -0.25) is 0 Å². The van der Waals surface area contributed by atoms with Gasteiger partial charge in [0.25, 0.3) is 5.19 Å². The molecule has 1 aromatic heterocycles. The highest BCUT2D eigenvalue weighted by Gasteiger charge is 2.19. The van der Waals surface area contributed by atoms with Crippen LogP contribution in [-0.4, -0.2) is 24.2 Å². The first-order valence-corrected chi connectivity index (χ1v) is 5.08. The summed E-state index contributed by atoms with van der Waals surface area (Å²) >= 11 is 1.59. The Hall–Kier alpha value is -0.610. The highest BCUT2D eigenvalue weighted by Crippen LogP contribution is 2.20. The fourth-order valence-corrected chi connectivity index (χ4v) is 1.81. The van der Waals surface area contributed by atoms with Crippen LogP contribution >= 0.6 is 11.3 Å². The van der Waals surface area contributed by atoms with E-state index in [2.05, 4.69) is 22.6 Å². The second-order valence-electron chi connectivity index (χ2n) is 2.86. The van der Waals surface area contributed by atoms with E-state index in [4.69, 9.17) is 4.74 Å². The summed E-state index contributed by atoms with van der Waals surface area (Å²) < 4.78 is 5.58. The summed E-state index contributed by atoms with van der Waals surface area (Å²) in [6.45, 7) is 4.02. The standard InChI is InChI=1S/C8H12N2OS/c1-2-6-5-12-8(10-6)11-7-3-9-4-7/h5,7,9H,2-4H2,1H3. The Balaban J connectivity index is 1.93. The number of ether oxygens (including phenoxy) is 1. The molecule has 0 saturated carbocycles. The molecule has 0 aromatic carbocycles. The van der Waals surface area contributed by atoms with E-state index < -0.39 is 0 Å². The normalized spacial score (nSPS) is 17.4. The van der Waals surface area contributed by atoms with Gasteiger partial charge in [-0.25, -0.2) is 4.98 Å². The maximum Gasteiger partial charge on any atom is 0.273 e. The average Bonchev–Trinajstić information content (AvgIpc) is 2.44. The van der Waals surface area contributed by atoms with Crippen molar-refractivity contribution < 1.29 is 4.74 Å². The lowest BCUT2D eigenvalue weighted by Crippen LogP contribution is -2.50. The topological polar surface area (TPSA) is 34.1 Å². The summed E-state index contributed by atoms with van der Waals surface area (Å²) in [6, 6.07) is 0. The summed E-state index contributed by atoms with van der Waals surface area (Å²) in [4.78, 5) is 4.32. The van der Waals surface area contributed by atoms with Crippen LogP contribution in [0.4, 0.5) is 0 Å². The van der Waals surface area contributed by atoms with Crippen LogP contribution in [0.3, 0.4) is 0 Å². The monoisotopic (exact) mass is 184 g/mol. The molecule has 0 spiro atoms. The summed E-state index contributed by atoms with van der Waals surface area (Å²) in [5.41, 5.74) is 1.13. The van der Waals surface area contributed by atoms with E-state index in [0.717, 1.165) is 30.4 Å². The Morgan fingerprint density at radius 1 is 1.75 bits per heavy atom. The number of aryl methyl sites for hydroxylation is 1. The van der Waals surface area contributed by atoms with Crippen LogP contribution in [0.15, 0.2) is 5.38 Å². The lowest BCUT2D eigenvalue weighted by molar-refractivity contribution is 0.141. The summed E-state index contributed by atoms with van der Waals surface area (Å²) in [5.74, 6) is 0. The maximum atomic E-state index is 5.58. The summed E-state index contributed by atoms with van der Waals surface area (Å²) in [6.07, 6.45) is 1.34. The quantitative estimate of drug-likeness (QED) is 0.762. The van der Waals surface area contributed by atoms with Crippen LogP contribution in [-0.2, 0) is 6.42 Å². The second-order valence-corrected chi connectivity index (χ2v) is 3.68. The molecule has 1 saturated heterocycles. The number of rotatable bonds is 3. The number of nitrogens with zero attached hydrogens (tertiary/aromatic N) is 1. The van der Waals surface area contributed by atoms with E-state index in [1.807, 2.05) is 0 Å². The summed E-state index contributed by atoms with van der Waals surface area (Å²) in [7, 11) is 0. The molecular formula is C8H12N2OS. The van der Waals surface area contributed by atoms with Crippen molar-refractivity contribution >= 4 is 11.3 Å². The van der Waals surface area contributed by atoms with E-state index in [1.165, 1.54) is 0 Å². The zero-order valence-electron chi connectivity index (χ0n) is 7.04. The maximum absolute atomic E-state index is 5.58. The first kappa shape index (κ1) is 8.01. The largest absolute Gasteiger partial charge is 0.464 e. The lowest BCUT2D eigenvalue weighted by Gasteiger charge is -2.26. The molecule has 2 rings (SSSR count). The van der Waals surface area contributed by atoms with Crippen LogP contribution in [0.25, 0.3) is 0 Å². The third-order valence-corrected chi connectivity index (χ3v) is 2.68. The van der Waals surface area contributed by atoms with Crippen LogP contribution in [0.2, 0.25) is 0 Å². The molecule has 1 N–H and O–H groups in total. The minimum absolute atomic E-state index is 0.348. The molecule has 4 heteroatoms. The van der Waals surface area contributed by atoms with Gasteiger partial charge in [0.15, 0.2) is 0 Å². The summed E-state index contributed by atoms with van der Waals surface area (Å²) in [5, 5.41) is 6.03. The van der Waals surface area contributed by atoms with Crippen LogP contribution < -0.4 is 10.1 Å². The molecule has 2 heterocycles. The van der Waals surface area contributed by atoms with Crippen molar-refractivity contribution in [2.24, 2.45) is 0 Å². The minimum Gasteiger partial charge on any atom is -0.464 e. The fourth-order valence-electron chi connectivity index (χ4n) is 0.993. The zero-order valence-corrected chi connectivity index (χ0v) is 7.86. The lowest BCUT2D eigenvalue weighted by atomic mass is 10.2. The number of hydrogen-bond acceptors (Lipinski definition) is 4. The van der Waals surface area contributed by atoms with Gasteiger partial charge >= 0.3 is 0 Å². The van der Waals surface area contributed by atoms with Crippen molar-refractivity contribution in [3.8, 4) is 5.19 Å². The Bertz CT molecular complexity index is 257. The van der Waals surface area contributed by atoms with E-state index in [1.54, 1.807) is 11.3 Å². The minimum atomic E-state index is 0.348. The van der Waals surface area contributed by atoms with Gasteiger partial charge in [-0.1, -0.05) is 18.3 Å². The van der Waals surface area contributed by atoms with Gasteiger partial charge in [0, 0.05) is 18.5 Å². The van der Waals surface area contributed by atoms with Crippen molar-refractivity contribution in [1.82, 2.24) is 10.3 Å². The molecule has 66 valence electrons. The van der Waals surface area contributed by atoms with Crippen LogP contribution in [0.1, 0.15) is 12.6 Å². The third-order valence-electron chi connectivity index (χ3n) is 1.90. The molecule has 12 heavy (non-hydrogen) atoms. The molecule has 1 aromatic rings. The van der Waals surface area contributed by atoms with Crippen molar-refractivity contribution in [2.75, 3.05) is 13.1 Å². The molecule has 1 aliphatic rings. The molecule has 0 unspecified atom stereocenters. The Morgan fingerprint density at radius 2 is 2.58 bits per heavy atom.